The summed E-state index contributed by atoms with van der Waals surface area (Å²) in [6, 6.07) is 0. The van der Waals surface area contributed by atoms with Crippen LogP contribution in [-0.4, -0.2) is 65.9 Å². The van der Waals surface area contributed by atoms with Crippen LogP contribution in [-0.2, 0) is 14.3 Å². The molecule has 0 saturated carbocycles. The largest absolute Gasteiger partial charge is 0.479 e. The first-order chi connectivity index (χ1) is 8.13. The summed E-state index contributed by atoms with van der Waals surface area (Å²) in [5.41, 5.74) is 0. The summed E-state index contributed by atoms with van der Waals surface area (Å²) < 4.78 is 9.24. The van der Waals surface area contributed by atoms with E-state index in [9.17, 15) is 20.1 Å². The molecule has 0 aliphatic carbocycles. The molecule has 1 heterocycles. The molecule has 4 N–H and O–H groups in total. The molecular weight excluding hydrogens is 448 g/mol. The molecule has 0 aromatic carbocycles. The molecule has 5 unspecified atom stereocenters. The van der Waals surface area contributed by atoms with Gasteiger partial charge in [0.1, 0.15) is 18.3 Å². The number of carboxylic acid groups (broad SMARTS) is 1. The Morgan fingerprint density at radius 3 is 2.17 bits per heavy atom. The molecule has 10 heteroatoms. The molecule has 1 aliphatic rings. The van der Waals surface area contributed by atoms with Gasteiger partial charge in [0.15, 0.2) is 14.5 Å². The van der Waals surface area contributed by atoms with Gasteiger partial charge < -0.3 is 29.9 Å². The summed E-state index contributed by atoms with van der Waals surface area (Å²) in [6.45, 7) is -0.0378. The lowest BCUT2D eigenvalue weighted by Crippen LogP contribution is -2.60. The lowest BCUT2D eigenvalue weighted by atomic mass is 9.99. The van der Waals surface area contributed by atoms with Crippen LogP contribution in [0.1, 0.15) is 0 Å². The second-order valence-corrected chi connectivity index (χ2v) is 10.9. The van der Waals surface area contributed by atoms with E-state index in [1.54, 1.807) is 0 Å². The Morgan fingerprint density at radius 1 is 1.17 bits per heavy atom. The Labute approximate surface area is 127 Å². The molecule has 0 bridgehead atoms. The smallest absolute Gasteiger partial charge is 0.335 e. The number of rotatable bonds is 3. The summed E-state index contributed by atoms with van der Waals surface area (Å²) in [4.78, 5) is 10.8. The van der Waals surface area contributed by atoms with Gasteiger partial charge in [0.05, 0.1) is 6.61 Å². The Hall–Kier alpha value is 0.710. The maximum absolute atomic E-state index is 10.8. The molecule has 0 aromatic rings. The fourth-order valence-corrected chi connectivity index (χ4v) is 1.76. The van der Waals surface area contributed by atoms with E-state index < -0.39 is 38.8 Å². The third-order valence-corrected chi connectivity index (χ3v) is 2.91. The Bertz CT molecular complexity index is 308. The van der Waals surface area contributed by atoms with Crippen molar-refractivity contribution in [2.45, 2.75) is 32.8 Å². The van der Waals surface area contributed by atoms with Crippen molar-refractivity contribution in [3.63, 3.8) is 0 Å². The summed E-state index contributed by atoms with van der Waals surface area (Å²) >= 11 is 9.42. The minimum atomic E-state index is -1.72. The van der Waals surface area contributed by atoms with Crippen LogP contribution in [0.25, 0.3) is 0 Å². The van der Waals surface area contributed by atoms with Crippen molar-refractivity contribution in [1.82, 2.24) is 0 Å². The highest BCUT2D eigenvalue weighted by atomic mass is 80.0. The highest BCUT2D eigenvalue weighted by Crippen LogP contribution is 2.34. The molecule has 1 rings (SSSR count). The van der Waals surface area contributed by atoms with Crippen molar-refractivity contribution in [3.05, 3.63) is 0 Å². The van der Waals surface area contributed by atoms with Crippen molar-refractivity contribution >= 4 is 53.8 Å². The number of halogens is 3. The number of carbonyl (C=O) groups is 1. The zero-order valence-corrected chi connectivity index (χ0v) is 13.5. The number of hydrogen-bond acceptors (Lipinski definition) is 6. The fraction of sp³-hybridized carbons (Fsp3) is 0.875. The molecule has 0 amide bonds. The molecule has 7 nitrogen and oxygen atoms in total. The van der Waals surface area contributed by atoms with E-state index in [1.807, 2.05) is 0 Å². The van der Waals surface area contributed by atoms with Gasteiger partial charge in [-0.25, -0.2) is 4.79 Å². The highest BCUT2D eigenvalue weighted by Gasteiger charge is 2.47. The summed E-state index contributed by atoms with van der Waals surface area (Å²) in [5.74, 6) is -1.45. The van der Waals surface area contributed by atoms with E-state index >= 15 is 0 Å². The van der Waals surface area contributed by atoms with E-state index in [4.69, 9.17) is 14.6 Å². The van der Waals surface area contributed by atoms with Crippen LogP contribution in [0.4, 0.5) is 0 Å². The number of aliphatic carboxylic acids is 1. The van der Waals surface area contributed by atoms with Gasteiger partial charge in [0.25, 0.3) is 0 Å². The van der Waals surface area contributed by atoms with Gasteiger partial charge in [0.2, 0.25) is 0 Å². The maximum Gasteiger partial charge on any atom is 0.335 e. The number of ether oxygens (including phenoxy) is 2. The summed E-state index contributed by atoms with van der Waals surface area (Å²) in [5, 5.41) is 37.3. The van der Waals surface area contributed by atoms with Crippen molar-refractivity contribution in [2.24, 2.45) is 0 Å². The second kappa shape index (κ2) is 6.44. The molecule has 18 heavy (non-hydrogen) atoms. The first kappa shape index (κ1) is 16.8. The second-order valence-electron chi connectivity index (χ2n) is 3.66. The molecule has 1 fully saturated rings. The average Bonchev–Trinajstić information content (AvgIpc) is 2.23. The van der Waals surface area contributed by atoms with Crippen LogP contribution in [0.5, 0.6) is 0 Å². The van der Waals surface area contributed by atoms with Gasteiger partial charge in [-0.05, 0) is 0 Å². The van der Waals surface area contributed by atoms with Crippen LogP contribution >= 0.6 is 47.8 Å². The zero-order chi connectivity index (χ0) is 14.1. The normalized spacial score (nSPS) is 37.6. The summed E-state index contributed by atoms with van der Waals surface area (Å²) in [7, 11) is 0. The monoisotopic (exact) mass is 456 g/mol. The van der Waals surface area contributed by atoms with Crippen LogP contribution in [0.2, 0.25) is 0 Å². The zero-order valence-electron chi connectivity index (χ0n) is 8.74. The third-order valence-electron chi connectivity index (χ3n) is 2.22. The fourth-order valence-electron chi connectivity index (χ4n) is 1.37. The molecule has 0 aromatic heterocycles. The maximum atomic E-state index is 10.8. The SMILES string of the molecule is O=C(O)C1OC(OCC(Br)(Br)Br)C(O)C(O)C1O. The molecule has 106 valence electrons. The van der Waals surface area contributed by atoms with Gasteiger partial charge in [-0.3, -0.25) is 0 Å². The average molecular weight is 459 g/mol. The molecule has 5 atom stereocenters. The Kier molecular flexibility index (Phi) is 6.00. The van der Waals surface area contributed by atoms with E-state index in [2.05, 4.69) is 47.8 Å². The molecule has 1 aliphatic heterocycles. The van der Waals surface area contributed by atoms with Crippen LogP contribution in [0.3, 0.4) is 0 Å². The van der Waals surface area contributed by atoms with Gasteiger partial charge in [0, 0.05) is 0 Å². The minimum absolute atomic E-state index is 0.0378. The predicted octanol–water partition coefficient (Wildman–Crippen LogP) is -0.266. The van der Waals surface area contributed by atoms with E-state index in [0.717, 1.165) is 0 Å². The highest BCUT2D eigenvalue weighted by molar-refractivity contribution is 9.39. The predicted molar refractivity (Wildman–Crippen MR) is 69.8 cm³/mol. The first-order valence-corrected chi connectivity index (χ1v) is 7.12. The van der Waals surface area contributed by atoms with Crippen LogP contribution in [0, 0.1) is 0 Å². The molecular formula is C8H11Br3O7. The summed E-state index contributed by atoms with van der Waals surface area (Å²) in [6.07, 6.45) is -7.97. The topological polar surface area (TPSA) is 116 Å². The van der Waals surface area contributed by atoms with Gasteiger partial charge in [-0.1, -0.05) is 47.8 Å². The quantitative estimate of drug-likeness (QED) is 0.430. The number of aliphatic hydroxyl groups excluding tert-OH is 3. The van der Waals surface area contributed by atoms with Crippen molar-refractivity contribution in [1.29, 1.82) is 0 Å². The number of alkyl halides is 3. The molecule has 0 radical (unpaired) electrons. The van der Waals surface area contributed by atoms with E-state index in [-0.39, 0.29) is 6.61 Å². The third kappa shape index (κ3) is 4.37. The van der Waals surface area contributed by atoms with Crippen molar-refractivity contribution in [3.8, 4) is 0 Å². The first-order valence-electron chi connectivity index (χ1n) is 4.74. The van der Waals surface area contributed by atoms with Gasteiger partial charge >= 0.3 is 5.97 Å². The standard InChI is InChI=1S/C8H11Br3O7/c9-8(10,11)1-17-7-4(14)2(12)3(13)5(18-7)6(15)16/h2-5,7,12-14H,1H2,(H,15,16). The van der Waals surface area contributed by atoms with Gasteiger partial charge in [-0.15, -0.1) is 0 Å². The minimum Gasteiger partial charge on any atom is -0.479 e. The number of carboxylic acids is 1. The number of aliphatic hydroxyl groups is 3. The Balaban J connectivity index is 2.70. The van der Waals surface area contributed by atoms with Crippen LogP contribution < -0.4 is 0 Å². The van der Waals surface area contributed by atoms with E-state index in [0.29, 0.717) is 0 Å². The van der Waals surface area contributed by atoms with Crippen molar-refractivity contribution < 1.29 is 34.7 Å². The van der Waals surface area contributed by atoms with Crippen LogP contribution in [0.15, 0.2) is 0 Å². The lowest BCUT2D eigenvalue weighted by Gasteiger charge is -2.38. The van der Waals surface area contributed by atoms with E-state index in [1.165, 1.54) is 0 Å². The molecule has 0 spiro atoms. The van der Waals surface area contributed by atoms with Gasteiger partial charge in [-0.2, -0.15) is 0 Å². The Morgan fingerprint density at radius 2 is 1.72 bits per heavy atom. The number of hydrogen-bond donors (Lipinski definition) is 4. The van der Waals surface area contributed by atoms with Crippen molar-refractivity contribution in [2.75, 3.05) is 6.61 Å². The molecule has 1 saturated heterocycles. The lowest BCUT2D eigenvalue weighted by molar-refractivity contribution is -0.293.